The second kappa shape index (κ2) is 4.06. The summed E-state index contributed by atoms with van der Waals surface area (Å²) in [4.78, 5) is 21.8. The van der Waals surface area contributed by atoms with E-state index < -0.39 is 12.1 Å². The molecule has 0 aliphatic carbocycles. The van der Waals surface area contributed by atoms with Crippen LogP contribution >= 0.6 is 0 Å². The van der Waals surface area contributed by atoms with Gasteiger partial charge >= 0.3 is 6.09 Å². The molecule has 1 atom stereocenters. The standard InChI is InChI=1S/C7H12N2O3/c1-2-12-7(11)9-5-3-8-4-6(5)10/h5,8H,2-4H2,1H3,(H,9,11). The van der Waals surface area contributed by atoms with E-state index in [4.69, 9.17) is 0 Å². The van der Waals surface area contributed by atoms with Crippen LogP contribution in [0.15, 0.2) is 0 Å². The first-order valence-corrected chi connectivity index (χ1v) is 3.90. The van der Waals surface area contributed by atoms with Crippen molar-refractivity contribution in [1.29, 1.82) is 0 Å². The van der Waals surface area contributed by atoms with E-state index in [1.54, 1.807) is 6.92 Å². The third-order valence-corrected chi connectivity index (χ3v) is 1.60. The maximum atomic E-state index is 11.0. The highest BCUT2D eigenvalue weighted by molar-refractivity contribution is 5.90. The highest BCUT2D eigenvalue weighted by atomic mass is 16.5. The summed E-state index contributed by atoms with van der Waals surface area (Å²) in [5, 5.41) is 5.31. The Morgan fingerprint density at radius 3 is 3.08 bits per heavy atom. The van der Waals surface area contributed by atoms with E-state index in [0.717, 1.165) is 0 Å². The normalized spacial score (nSPS) is 22.4. The second-order valence-corrected chi connectivity index (χ2v) is 2.51. The fourth-order valence-corrected chi connectivity index (χ4v) is 1.02. The quantitative estimate of drug-likeness (QED) is 0.576. The molecule has 5 heteroatoms. The van der Waals surface area contributed by atoms with Gasteiger partial charge in [-0.3, -0.25) is 4.79 Å². The number of nitrogens with one attached hydrogen (secondary N) is 2. The second-order valence-electron chi connectivity index (χ2n) is 2.51. The van der Waals surface area contributed by atoms with Gasteiger partial charge in [0.15, 0.2) is 5.78 Å². The van der Waals surface area contributed by atoms with Gasteiger partial charge in [0.05, 0.1) is 13.2 Å². The van der Waals surface area contributed by atoms with Crippen LogP contribution in [0.4, 0.5) is 4.79 Å². The van der Waals surface area contributed by atoms with Gasteiger partial charge in [0, 0.05) is 6.54 Å². The lowest BCUT2D eigenvalue weighted by atomic mass is 10.2. The van der Waals surface area contributed by atoms with Gasteiger partial charge < -0.3 is 15.4 Å². The number of alkyl carbamates (subject to hydrolysis) is 1. The summed E-state index contributed by atoms with van der Waals surface area (Å²) in [7, 11) is 0. The fraction of sp³-hybridized carbons (Fsp3) is 0.714. The average molecular weight is 172 g/mol. The Bertz CT molecular complexity index is 193. The molecule has 1 saturated heterocycles. The maximum absolute atomic E-state index is 11.0. The Balaban J connectivity index is 2.30. The van der Waals surface area contributed by atoms with Crippen LogP contribution in [-0.2, 0) is 9.53 Å². The van der Waals surface area contributed by atoms with Crippen molar-refractivity contribution in [3.63, 3.8) is 0 Å². The van der Waals surface area contributed by atoms with Gasteiger partial charge in [-0.05, 0) is 6.92 Å². The van der Waals surface area contributed by atoms with Crippen molar-refractivity contribution in [1.82, 2.24) is 10.6 Å². The molecular weight excluding hydrogens is 160 g/mol. The smallest absolute Gasteiger partial charge is 0.407 e. The Hall–Kier alpha value is -1.10. The first-order chi connectivity index (χ1) is 5.74. The first kappa shape index (κ1) is 8.99. The molecule has 0 spiro atoms. The first-order valence-electron chi connectivity index (χ1n) is 3.90. The molecule has 0 aromatic heterocycles. The predicted octanol–water partition coefficient (Wildman–Crippen LogP) is -0.727. The number of ketones is 1. The number of Topliss-reactive ketones (excluding diaryl/α,β-unsaturated/α-hetero) is 1. The number of hydrogen-bond donors (Lipinski definition) is 2. The third kappa shape index (κ3) is 2.20. The molecule has 0 aromatic carbocycles. The SMILES string of the molecule is CCOC(=O)NC1CNCC1=O. The molecule has 1 aliphatic rings. The van der Waals surface area contributed by atoms with Crippen molar-refractivity contribution in [2.75, 3.05) is 19.7 Å². The van der Waals surface area contributed by atoms with E-state index in [-0.39, 0.29) is 5.78 Å². The minimum absolute atomic E-state index is 0.00283. The minimum Gasteiger partial charge on any atom is -0.450 e. The van der Waals surface area contributed by atoms with E-state index in [2.05, 4.69) is 15.4 Å². The van der Waals surface area contributed by atoms with E-state index >= 15 is 0 Å². The minimum atomic E-state index is -0.528. The summed E-state index contributed by atoms with van der Waals surface area (Å²) in [5.41, 5.74) is 0. The van der Waals surface area contributed by atoms with E-state index in [1.807, 2.05) is 0 Å². The monoisotopic (exact) mass is 172 g/mol. The number of carbonyl (C=O) groups excluding carboxylic acids is 2. The van der Waals surface area contributed by atoms with E-state index in [9.17, 15) is 9.59 Å². The molecule has 1 amide bonds. The van der Waals surface area contributed by atoms with Gasteiger partial charge in [0.2, 0.25) is 0 Å². The lowest BCUT2D eigenvalue weighted by Crippen LogP contribution is -2.40. The van der Waals surface area contributed by atoms with E-state index in [1.165, 1.54) is 0 Å². The largest absolute Gasteiger partial charge is 0.450 e. The van der Waals surface area contributed by atoms with Crippen LogP contribution < -0.4 is 10.6 Å². The zero-order chi connectivity index (χ0) is 8.97. The molecule has 1 aliphatic heterocycles. The average Bonchev–Trinajstić information content (AvgIpc) is 2.37. The van der Waals surface area contributed by atoms with Crippen LogP contribution in [0.2, 0.25) is 0 Å². The lowest BCUT2D eigenvalue weighted by molar-refractivity contribution is -0.117. The molecule has 1 heterocycles. The van der Waals surface area contributed by atoms with Gasteiger partial charge in [-0.1, -0.05) is 0 Å². The van der Waals surface area contributed by atoms with Crippen LogP contribution in [0, 0.1) is 0 Å². The molecule has 0 saturated carbocycles. The zero-order valence-electron chi connectivity index (χ0n) is 6.92. The van der Waals surface area contributed by atoms with Crippen molar-refractivity contribution in [3.8, 4) is 0 Å². The summed E-state index contributed by atoms with van der Waals surface area (Å²) in [6.07, 6.45) is -0.528. The number of rotatable bonds is 2. The number of amides is 1. The van der Waals surface area contributed by atoms with Gasteiger partial charge in [0.1, 0.15) is 6.04 Å². The summed E-state index contributed by atoms with van der Waals surface area (Å²) in [6, 6.07) is -0.413. The maximum Gasteiger partial charge on any atom is 0.407 e. The fourth-order valence-electron chi connectivity index (χ4n) is 1.02. The van der Waals surface area contributed by atoms with E-state index in [0.29, 0.717) is 19.7 Å². The molecule has 0 radical (unpaired) electrons. The van der Waals surface area contributed by atoms with Crippen LogP contribution in [0.3, 0.4) is 0 Å². The molecular formula is C7H12N2O3. The summed E-state index contributed by atoms with van der Waals surface area (Å²) in [5.74, 6) is 0.00283. The van der Waals surface area contributed by atoms with Crippen molar-refractivity contribution in [2.24, 2.45) is 0 Å². The lowest BCUT2D eigenvalue weighted by Gasteiger charge is -2.08. The van der Waals surface area contributed by atoms with Crippen molar-refractivity contribution in [3.05, 3.63) is 0 Å². The molecule has 1 unspecified atom stereocenters. The van der Waals surface area contributed by atoms with Gasteiger partial charge in [-0.25, -0.2) is 4.79 Å². The van der Waals surface area contributed by atoms with Crippen LogP contribution in [0.1, 0.15) is 6.92 Å². The summed E-state index contributed by atoms with van der Waals surface area (Å²) < 4.78 is 4.62. The molecule has 0 aromatic rings. The van der Waals surface area contributed by atoms with Gasteiger partial charge in [-0.2, -0.15) is 0 Å². The third-order valence-electron chi connectivity index (χ3n) is 1.60. The Morgan fingerprint density at radius 1 is 1.83 bits per heavy atom. The molecule has 0 bridgehead atoms. The molecule has 5 nitrogen and oxygen atoms in total. The number of hydrogen-bond acceptors (Lipinski definition) is 4. The Labute approximate surface area is 70.5 Å². The number of ether oxygens (including phenoxy) is 1. The van der Waals surface area contributed by atoms with Crippen LogP contribution in [-0.4, -0.2) is 37.6 Å². The molecule has 12 heavy (non-hydrogen) atoms. The highest BCUT2D eigenvalue weighted by Gasteiger charge is 2.25. The molecule has 1 rings (SSSR count). The Morgan fingerprint density at radius 2 is 2.58 bits per heavy atom. The van der Waals surface area contributed by atoms with Crippen LogP contribution in [0.25, 0.3) is 0 Å². The summed E-state index contributed by atoms with van der Waals surface area (Å²) in [6.45, 7) is 2.86. The Kier molecular flexibility index (Phi) is 3.04. The topological polar surface area (TPSA) is 67.4 Å². The molecule has 68 valence electrons. The zero-order valence-corrected chi connectivity index (χ0v) is 6.92. The number of carbonyl (C=O) groups is 2. The van der Waals surface area contributed by atoms with Crippen LogP contribution in [0.5, 0.6) is 0 Å². The van der Waals surface area contributed by atoms with Gasteiger partial charge in [-0.15, -0.1) is 0 Å². The highest BCUT2D eigenvalue weighted by Crippen LogP contribution is 1.93. The molecule has 1 fully saturated rings. The predicted molar refractivity (Wildman–Crippen MR) is 41.8 cm³/mol. The van der Waals surface area contributed by atoms with Gasteiger partial charge in [0.25, 0.3) is 0 Å². The summed E-state index contributed by atoms with van der Waals surface area (Å²) >= 11 is 0. The van der Waals surface area contributed by atoms with Crippen molar-refractivity contribution < 1.29 is 14.3 Å². The van der Waals surface area contributed by atoms with Crippen molar-refractivity contribution in [2.45, 2.75) is 13.0 Å². The molecule has 2 N–H and O–H groups in total. The van der Waals surface area contributed by atoms with Crippen molar-refractivity contribution >= 4 is 11.9 Å².